The van der Waals surface area contributed by atoms with Gasteiger partial charge in [0, 0.05) is 11.9 Å². The fraction of sp³-hybridized carbons (Fsp3) is 0.250. The van der Waals surface area contributed by atoms with Gasteiger partial charge in [-0.15, -0.1) is 0 Å². The Morgan fingerprint density at radius 2 is 2.29 bits per heavy atom. The third kappa shape index (κ3) is 2.54. The lowest BCUT2D eigenvalue weighted by Gasteiger charge is -2.15. The minimum Gasteiger partial charge on any atom is -0.494 e. The molecule has 0 spiro atoms. The number of carbonyl (C=O) groups is 1. The first-order valence-electron chi connectivity index (χ1n) is 6.86. The number of aromatic nitrogens is 1. The zero-order chi connectivity index (χ0) is 14.8. The number of ether oxygens (including phenoxy) is 1. The van der Waals surface area contributed by atoms with Crippen LogP contribution in [0.1, 0.15) is 33.9 Å². The molecule has 0 fully saturated rings. The highest BCUT2D eigenvalue weighted by molar-refractivity contribution is 5.97. The number of hydrogen-bond acceptors (Lipinski definition) is 4. The van der Waals surface area contributed by atoms with Gasteiger partial charge in [0.25, 0.3) is 5.91 Å². The predicted molar refractivity (Wildman–Crippen MR) is 80.2 cm³/mol. The van der Waals surface area contributed by atoms with Crippen LogP contribution in [0, 0.1) is 0 Å². The van der Waals surface area contributed by atoms with Crippen molar-refractivity contribution in [3.05, 3.63) is 53.3 Å². The largest absolute Gasteiger partial charge is 0.494 e. The van der Waals surface area contributed by atoms with Gasteiger partial charge < -0.3 is 15.8 Å². The predicted octanol–water partition coefficient (Wildman–Crippen LogP) is 2.09. The van der Waals surface area contributed by atoms with Crippen LogP contribution in [0.3, 0.4) is 0 Å². The summed E-state index contributed by atoms with van der Waals surface area (Å²) in [5.74, 6) is 0.328. The van der Waals surface area contributed by atoms with Gasteiger partial charge in [-0.05, 0) is 42.2 Å². The lowest BCUT2D eigenvalue weighted by Crippen LogP contribution is -2.27. The van der Waals surface area contributed by atoms with Gasteiger partial charge in [-0.2, -0.15) is 0 Å². The highest BCUT2D eigenvalue weighted by atomic mass is 16.5. The Kier molecular flexibility index (Phi) is 3.48. The average molecular weight is 283 g/mol. The van der Waals surface area contributed by atoms with Crippen LogP contribution in [-0.2, 0) is 6.42 Å². The van der Waals surface area contributed by atoms with Crippen LogP contribution >= 0.6 is 0 Å². The van der Waals surface area contributed by atoms with Crippen LogP contribution < -0.4 is 15.8 Å². The monoisotopic (exact) mass is 283 g/mol. The summed E-state index contributed by atoms with van der Waals surface area (Å²) in [7, 11) is 1.53. The summed E-state index contributed by atoms with van der Waals surface area (Å²) in [6.45, 7) is 0. The molecular formula is C16H17N3O2. The van der Waals surface area contributed by atoms with Gasteiger partial charge in [0.15, 0.2) is 0 Å². The number of amides is 1. The molecule has 1 heterocycles. The average Bonchev–Trinajstić information content (AvgIpc) is 2.89. The van der Waals surface area contributed by atoms with Gasteiger partial charge in [0.2, 0.25) is 0 Å². The van der Waals surface area contributed by atoms with E-state index in [4.69, 9.17) is 10.5 Å². The molecule has 3 rings (SSSR count). The molecule has 1 aliphatic carbocycles. The quantitative estimate of drug-likeness (QED) is 0.846. The Morgan fingerprint density at radius 3 is 3.10 bits per heavy atom. The van der Waals surface area contributed by atoms with Gasteiger partial charge in [-0.3, -0.25) is 9.78 Å². The second kappa shape index (κ2) is 5.44. The third-order valence-electron chi connectivity index (χ3n) is 3.80. The zero-order valence-electron chi connectivity index (χ0n) is 11.8. The summed E-state index contributed by atoms with van der Waals surface area (Å²) in [6.07, 6.45) is 4.94. The first-order valence-corrected chi connectivity index (χ1v) is 6.86. The SMILES string of the molecule is COc1cnccc1C(=O)NC1CCc2cc(N)ccc21. The van der Waals surface area contributed by atoms with E-state index in [9.17, 15) is 4.79 Å². The van der Waals surface area contributed by atoms with Crippen LogP contribution in [0.25, 0.3) is 0 Å². The van der Waals surface area contributed by atoms with Crippen LogP contribution in [0.5, 0.6) is 5.75 Å². The summed E-state index contributed by atoms with van der Waals surface area (Å²) in [6, 6.07) is 7.52. The van der Waals surface area contributed by atoms with Crippen LogP contribution in [-0.4, -0.2) is 18.0 Å². The molecule has 0 radical (unpaired) electrons. The van der Waals surface area contributed by atoms with Crippen molar-refractivity contribution in [2.45, 2.75) is 18.9 Å². The van der Waals surface area contributed by atoms with Crippen molar-refractivity contribution in [2.24, 2.45) is 0 Å². The molecule has 1 aliphatic rings. The topological polar surface area (TPSA) is 77.2 Å². The zero-order valence-corrected chi connectivity index (χ0v) is 11.8. The van der Waals surface area contributed by atoms with E-state index in [2.05, 4.69) is 10.3 Å². The Hall–Kier alpha value is -2.56. The summed E-state index contributed by atoms with van der Waals surface area (Å²) in [5, 5.41) is 3.06. The Balaban J connectivity index is 1.81. The number of fused-ring (bicyclic) bond motifs is 1. The Labute approximate surface area is 123 Å². The molecule has 1 aromatic carbocycles. The minimum atomic E-state index is -0.149. The molecule has 1 atom stereocenters. The molecule has 0 aliphatic heterocycles. The molecule has 5 nitrogen and oxygen atoms in total. The van der Waals surface area contributed by atoms with E-state index >= 15 is 0 Å². The van der Waals surface area contributed by atoms with E-state index in [1.54, 1.807) is 12.3 Å². The standard InChI is InChI=1S/C16H17N3O2/c1-21-15-9-18-7-6-13(15)16(20)19-14-5-2-10-8-11(17)3-4-12(10)14/h3-4,6-9,14H,2,5,17H2,1H3,(H,19,20). The van der Waals surface area contributed by atoms with E-state index < -0.39 is 0 Å². The number of nitrogens with one attached hydrogen (secondary N) is 1. The summed E-state index contributed by atoms with van der Waals surface area (Å²) in [5.41, 5.74) is 9.41. The molecule has 1 unspecified atom stereocenters. The molecule has 2 aromatic rings. The van der Waals surface area contributed by atoms with Gasteiger partial charge >= 0.3 is 0 Å². The minimum absolute atomic E-state index is 0.0194. The number of hydrogen-bond donors (Lipinski definition) is 2. The lowest BCUT2D eigenvalue weighted by atomic mass is 10.1. The number of aryl methyl sites for hydroxylation is 1. The van der Waals surface area contributed by atoms with E-state index in [1.165, 1.54) is 18.9 Å². The van der Waals surface area contributed by atoms with E-state index in [0.717, 1.165) is 24.1 Å². The molecule has 0 bridgehead atoms. The molecule has 0 saturated carbocycles. The number of carbonyl (C=O) groups excluding carboxylic acids is 1. The normalized spacial score (nSPS) is 16.3. The number of pyridine rings is 1. The van der Waals surface area contributed by atoms with Crippen molar-refractivity contribution in [3.8, 4) is 5.75 Å². The van der Waals surface area contributed by atoms with Crippen molar-refractivity contribution < 1.29 is 9.53 Å². The number of rotatable bonds is 3. The molecule has 21 heavy (non-hydrogen) atoms. The maximum absolute atomic E-state index is 12.4. The van der Waals surface area contributed by atoms with Gasteiger partial charge in [0.1, 0.15) is 5.75 Å². The molecular weight excluding hydrogens is 266 g/mol. The third-order valence-corrected chi connectivity index (χ3v) is 3.80. The second-order valence-corrected chi connectivity index (χ2v) is 5.10. The van der Waals surface area contributed by atoms with Crippen LogP contribution in [0.4, 0.5) is 5.69 Å². The van der Waals surface area contributed by atoms with E-state index in [-0.39, 0.29) is 11.9 Å². The molecule has 0 saturated heterocycles. The van der Waals surface area contributed by atoms with Crippen molar-refractivity contribution in [1.29, 1.82) is 0 Å². The second-order valence-electron chi connectivity index (χ2n) is 5.10. The summed E-state index contributed by atoms with van der Waals surface area (Å²) in [4.78, 5) is 16.4. The number of benzene rings is 1. The molecule has 5 heteroatoms. The van der Waals surface area contributed by atoms with Gasteiger partial charge in [0.05, 0.1) is 24.9 Å². The first kappa shape index (κ1) is 13.4. The molecule has 108 valence electrons. The van der Waals surface area contributed by atoms with Crippen LogP contribution in [0.15, 0.2) is 36.7 Å². The van der Waals surface area contributed by atoms with Crippen molar-refractivity contribution in [3.63, 3.8) is 0 Å². The Bertz CT molecular complexity index is 685. The smallest absolute Gasteiger partial charge is 0.255 e. The van der Waals surface area contributed by atoms with E-state index in [1.807, 2.05) is 18.2 Å². The maximum Gasteiger partial charge on any atom is 0.255 e. The van der Waals surface area contributed by atoms with Gasteiger partial charge in [-0.1, -0.05) is 6.07 Å². The highest BCUT2D eigenvalue weighted by Crippen LogP contribution is 2.32. The molecule has 1 amide bonds. The summed E-state index contributed by atoms with van der Waals surface area (Å²) < 4.78 is 5.18. The Morgan fingerprint density at radius 1 is 1.43 bits per heavy atom. The highest BCUT2D eigenvalue weighted by Gasteiger charge is 2.25. The van der Waals surface area contributed by atoms with Crippen LogP contribution in [0.2, 0.25) is 0 Å². The molecule has 1 aromatic heterocycles. The molecule has 3 N–H and O–H groups in total. The fourth-order valence-corrected chi connectivity index (χ4v) is 2.75. The first-order chi connectivity index (χ1) is 10.2. The van der Waals surface area contributed by atoms with Crippen molar-refractivity contribution in [1.82, 2.24) is 10.3 Å². The number of anilines is 1. The van der Waals surface area contributed by atoms with E-state index in [0.29, 0.717) is 11.3 Å². The number of nitrogens with zero attached hydrogens (tertiary/aromatic N) is 1. The fourth-order valence-electron chi connectivity index (χ4n) is 2.75. The number of methoxy groups -OCH3 is 1. The van der Waals surface area contributed by atoms with Gasteiger partial charge in [-0.25, -0.2) is 0 Å². The van der Waals surface area contributed by atoms with Crippen molar-refractivity contribution >= 4 is 11.6 Å². The van der Waals surface area contributed by atoms with Crippen molar-refractivity contribution in [2.75, 3.05) is 12.8 Å². The number of nitrogens with two attached hydrogens (primary N) is 1. The summed E-state index contributed by atoms with van der Waals surface area (Å²) >= 11 is 0. The maximum atomic E-state index is 12.4. The lowest BCUT2D eigenvalue weighted by molar-refractivity contribution is 0.0933. The number of nitrogen functional groups attached to an aromatic ring is 1.